The number of amides is 1. The highest BCUT2D eigenvalue weighted by Crippen LogP contribution is 2.17. The molecule has 0 fully saturated rings. The minimum atomic E-state index is -0.527. The summed E-state index contributed by atoms with van der Waals surface area (Å²) in [6.07, 6.45) is -0.527. The van der Waals surface area contributed by atoms with Crippen LogP contribution in [0, 0.1) is 0 Å². The number of benzene rings is 1. The van der Waals surface area contributed by atoms with Crippen molar-refractivity contribution in [3.63, 3.8) is 0 Å². The molecule has 3 nitrogen and oxygen atoms in total. The number of alkyl halides is 1. The summed E-state index contributed by atoms with van der Waals surface area (Å²) in [4.78, 5) is 11.5. The molecule has 1 N–H and O–H groups in total. The Bertz CT molecular complexity index is 419. The summed E-state index contributed by atoms with van der Waals surface area (Å²) in [6.45, 7) is 1.94. The van der Waals surface area contributed by atoms with E-state index in [0.717, 1.165) is 11.1 Å². The van der Waals surface area contributed by atoms with E-state index >= 15 is 0 Å². The van der Waals surface area contributed by atoms with Crippen molar-refractivity contribution in [2.45, 2.75) is 12.8 Å². The van der Waals surface area contributed by atoms with Crippen LogP contribution in [0.1, 0.15) is 12.5 Å². The highest BCUT2D eigenvalue weighted by molar-refractivity contribution is 6.25. The van der Waals surface area contributed by atoms with E-state index in [0.29, 0.717) is 11.6 Å². The molecule has 0 aliphatic carbocycles. The van der Waals surface area contributed by atoms with Gasteiger partial charge in [0.15, 0.2) is 0 Å². The fourth-order valence-electron chi connectivity index (χ4n) is 1.12. The molecular formula is C12H13Cl2NO2. The number of hydrogen-bond acceptors (Lipinski definition) is 2. The maximum atomic E-state index is 11.5. The van der Waals surface area contributed by atoms with Crippen molar-refractivity contribution in [3.8, 4) is 0 Å². The van der Waals surface area contributed by atoms with Crippen LogP contribution in [0.25, 0.3) is 0 Å². The van der Waals surface area contributed by atoms with Crippen molar-refractivity contribution in [1.82, 2.24) is 0 Å². The van der Waals surface area contributed by atoms with E-state index in [4.69, 9.17) is 27.9 Å². The lowest BCUT2D eigenvalue weighted by atomic mass is 10.2. The molecule has 0 saturated heterocycles. The number of para-hydroxylation sites is 1. The van der Waals surface area contributed by atoms with Gasteiger partial charge in [-0.3, -0.25) is 5.32 Å². The SMILES string of the molecule is C/C(=C/Cl)COC(=O)Nc1ccccc1CCl. The molecule has 0 aliphatic heterocycles. The summed E-state index contributed by atoms with van der Waals surface area (Å²) in [6, 6.07) is 7.28. The van der Waals surface area contributed by atoms with Gasteiger partial charge < -0.3 is 4.74 Å². The van der Waals surface area contributed by atoms with Gasteiger partial charge in [-0.05, 0) is 24.1 Å². The lowest BCUT2D eigenvalue weighted by Gasteiger charge is -2.09. The topological polar surface area (TPSA) is 38.3 Å². The van der Waals surface area contributed by atoms with Crippen molar-refractivity contribution in [2.24, 2.45) is 0 Å². The summed E-state index contributed by atoms with van der Waals surface area (Å²) in [7, 11) is 0. The number of carbonyl (C=O) groups is 1. The molecule has 1 aromatic rings. The number of anilines is 1. The van der Waals surface area contributed by atoms with Crippen LogP contribution >= 0.6 is 23.2 Å². The monoisotopic (exact) mass is 273 g/mol. The number of hydrogen-bond donors (Lipinski definition) is 1. The van der Waals surface area contributed by atoms with Crippen LogP contribution in [0.2, 0.25) is 0 Å². The summed E-state index contributed by atoms with van der Waals surface area (Å²) in [5.41, 5.74) is 3.64. The van der Waals surface area contributed by atoms with Gasteiger partial charge in [0.1, 0.15) is 6.61 Å². The maximum absolute atomic E-state index is 11.5. The Morgan fingerprint density at radius 2 is 2.18 bits per heavy atom. The normalized spacial score (nSPS) is 11.1. The fraction of sp³-hybridized carbons (Fsp3) is 0.250. The summed E-state index contributed by atoms with van der Waals surface area (Å²) in [5.74, 6) is 0.330. The first kappa shape index (κ1) is 13.9. The molecule has 1 aromatic carbocycles. The van der Waals surface area contributed by atoms with Crippen molar-refractivity contribution >= 4 is 35.0 Å². The third-order valence-corrected chi connectivity index (χ3v) is 2.68. The molecule has 0 saturated carbocycles. The molecular weight excluding hydrogens is 261 g/mol. The van der Waals surface area contributed by atoms with Crippen molar-refractivity contribution < 1.29 is 9.53 Å². The number of rotatable bonds is 4. The highest BCUT2D eigenvalue weighted by atomic mass is 35.5. The third kappa shape index (κ3) is 4.67. The molecule has 0 radical (unpaired) electrons. The zero-order valence-electron chi connectivity index (χ0n) is 9.37. The average Bonchev–Trinajstić information content (AvgIpc) is 2.36. The molecule has 0 bridgehead atoms. The van der Waals surface area contributed by atoms with Gasteiger partial charge in [0.2, 0.25) is 0 Å². The molecule has 0 atom stereocenters. The van der Waals surface area contributed by atoms with E-state index in [-0.39, 0.29) is 6.61 Å². The predicted molar refractivity (Wildman–Crippen MR) is 70.6 cm³/mol. The second-order valence-corrected chi connectivity index (χ2v) is 3.93. The van der Waals surface area contributed by atoms with Gasteiger partial charge in [-0.25, -0.2) is 4.79 Å². The predicted octanol–water partition coefficient (Wildman–Crippen LogP) is 4.12. The van der Waals surface area contributed by atoms with Gasteiger partial charge in [0, 0.05) is 17.1 Å². The fourth-order valence-corrected chi connectivity index (χ4v) is 1.41. The Morgan fingerprint density at radius 3 is 2.82 bits per heavy atom. The van der Waals surface area contributed by atoms with Crippen LogP contribution in [0.15, 0.2) is 35.4 Å². The molecule has 1 amide bonds. The van der Waals surface area contributed by atoms with E-state index in [1.54, 1.807) is 13.0 Å². The smallest absolute Gasteiger partial charge is 0.411 e. The van der Waals surface area contributed by atoms with Crippen LogP contribution in [-0.4, -0.2) is 12.7 Å². The largest absolute Gasteiger partial charge is 0.445 e. The van der Waals surface area contributed by atoms with Gasteiger partial charge in [0.05, 0.1) is 0 Å². The standard InChI is InChI=1S/C12H13Cl2NO2/c1-9(6-13)8-17-12(16)15-11-5-3-2-4-10(11)7-14/h2-6H,7-8H2,1H3,(H,15,16)/b9-6-. The highest BCUT2D eigenvalue weighted by Gasteiger charge is 2.06. The Balaban J connectivity index is 2.56. The van der Waals surface area contributed by atoms with E-state index in [1.165, 1.54) is 5.54 Å². The van der Waals surface area contributed by atoms with E-state index in [9.17, 15) is 4.79 Å². The lowest BCUT2D eigenvalue weighted by Crippen LogP contribution is -2.15. The summed E-state index contributed by atoms with van der Waals surface area (Å²) >= 11 is 11.2. The minimum Gasteiger partial charge on any atom is -0.445 e. The van der Waals surface area contributed by atoms with Crippen molar-refractivity contribution in [3.05, 3.63) is 40.9 Å². The summed E-state index contributed by atoms with van der Waals surface area (Å²) < 4.78 is 4.95. The zero-order chi connectivity index (χ0) is 12.7. The van der Waals surface area contributed by atoms with Gasteiger partial charge in [0.25, 0.3) is 0 Å². The van der Waals surface area contributed by atoms with Crippen LogP contribution in [0.4, 0.5) is 10.5 Å². The third-order valence-electron chi connectivity index (χ3n) is 2.02. The van der Waals surface area contributed by atoms with E-state index < -0.39 is 6.09 Å². The number of carbonyl (C=O) groups excluding carboxylic acids is 1. The minimum absolute atomic E-state index is 0.165. The second-order valence-electron chi connectivity index (χ2n) is 3.45. The Kier molecular flexibility index (Phi) is 5.87. The zero-order valence-corrected chi connectivity index (χ0v) is 10.9. The Hall–Kier alpha value is -1.19. The van der Waals surface area contributed by atoms with Crippen molar-refractivity contribution in [1.29, 1.82) is 0 Å². The van der Waals surface area contributed by atoms with Gasteiger partial charge in [-0.2, -0.15) is 0 Å². The molecule has 1 rings (SSSR count). The molecule has 5 heteroatoms. The first-order valence-electron chi connectivity index (χ1n) is 5.01. The lowest BCUT2D eigenvalue weighted by molar-refractivity contribution is 0.171. The summed E-state index contributed by atoms with van der Waals surface area (Å²) in [5, 5.41) is 2.62. The van der Waals surface area contributed by atoms with Gasteiger partial charge in [-0.15, -0.1) is 11.6 Å². The Labute approximate surface area is 110 Å². The van der Waals surface area contributed by atoms with Crippen LogP contribution < -0.4 is 5.32 Å². The van der Waals surface area contributed by atoms with E-state index in [1.807, 2.05) is 18.2 Å². The van der Waals surface area contributed by atoms with Crippen molar-refractivity contribution in [2.75, 3.05) is 11.9 Å². The first-order valence-corrected chi connectivity index (χ1v) is 5.98. The molecule has 0 spiro atoms. The van der Waals surface area contributed by atoms with Gasteiger partial charge >= 0.3 is 6.09 Å². The quantitative estimate of drug-likeness (QED) is 0.839. The van der Waals surface area contributed by atoms with Crippen LogP contribution in [0.5, 0.6) is 0 Å². The van der Waals surface area contributed by atoms with E-state index in [2.05, 4.69) is 5.32 Å². The molecule has 0 aliphatic rings. The molecule has 17 heavy (non-hydrogen) atoms. The van der Waals surface area contributed by atoms with Crippen LogP contribution in [0.3, 0.4) is 0 Å². The average molecular weight is 274 g/mol. The van der Waals surface area contributed by atoms with Gasteiger partial charge in [-0.1, -0.05) is 29.8 Å². The Morgan fingerprint density at radius 1 is 1.47 bits per heavy atom. The molecule has 0 unspecified atom stereocenters. The molecule has 0 aromatic heterocycles. The number of nitrogens with one attached hydrogen (secondary N) is 1. The number of ether oxygens (including phenoxy) is 1. The number of halogens is 2. The first-order chi connectivity index (χ1) is 8.17. The second kappa shape index (κ2) is 7.20. The maximum Gasteiger partial charge on any atom is 0.411 e. The molecule has 92 valence electrons. The van der Waals surface area contributed by atoms with Crippen LogP contribution in [-0.2, 0) is 10.6 Å². The molecule has 0 heterocycles.